The van der Waals surface area contributed by atoms with E-state index in [4.69, 9.17) is 16.3 Å². The summed E-state index contributed by atoms with van der Waals surface area (Å²) in [6.07, 6.45) is 0. The van der Waals surface area contributed by atoms with Gasteiger partial charge in [-0.1, -0.05) is 29.0 Å². The Morgan fingerprint density at radius 1 is 1.30 bits per heavy atom. The van der Waals surface area contributed by atoms with E-state index in [1.54, 1.807) is 12.1 Å². The van der Waals surface area contributed by atoms with E-state index in [0.29, 0.717) is 22.3 Å². The van der Waals surface area contributed by atoms with Crippen molar-refractivity contribution < 1.29 is 9.53 Å². The van der Waals surface area contributed by atoms with Crippen LogP contribution in [0.15, 0.2) is 36.4 Å². The molecule has 2 aromatic carbocycles. The highest BCUT2D eigenvalue weighted by molar-refractivity contribution is 7.22. The molecule has 0 spiro atoms. The summed E-state index contributed by atoms with van der Waals surface area (Å²) < 4.78 is 6.43. The number of rotatable bonds is 4. The summed E-state index contributed by atoms with van der Waals surface area (Å²) in [5.41, 5.74) is 2.27. The second-order valence-electron chi connectivity index (χ2n) is 5.02. The fourth-order valence-corrected chi connectivity index (χ4v) is 3.39. The first-order valence-corrected chi connectivity index (χ1v) is 8.37. The Labute approximate surface area is 143 Å². The number of thiazole rings is 1. The van der Waals surface area contributed by atoms with Gasteiger partial charge in [-0.2, -0.15) is 0 Å². The molecule has 0 saturated heterocycles. The van der Waals surface area contributed by atoms with Gasteiger partial charge >= 0.3 is 0 Å². The highest BCUT2D eigenvalue weighted by Crippen LogP contribution is 2.30. The van der Waals surface area contributed by atoms with Crippen molar-refractivity contribution in [2.45, 2.75) is 13.8 Å². The second kappa shape index (κ2) is 6.56. The lowest BCUT2D eigenvalue weighted by Gasteiger charge is -2.04. The third-order valence-corrected chi connectivity index (χ3v) is 4.51. The van der Waals surface area contributed by atoms with Gasteiger partial charge in [0.2, 0.25) is 0 Å². The molecule has 1 aromatic heterocycles. The van der Waals surface area contributed by atoms with E-state index in [1.165, 1.54) is 11.3 Å². The minimum atomic E-state index is -0.265. The molecule has 23 heavy (non-hydrogen) atoms. The van der Waals surface area contributed by atoms with Gasteiger partial charge in [-0.15, -0.1) is 0 Å². The standard InChI is InChI=1S/C17H15ClN2O2S/c1-3-22-11-5-7-14-15(9-11)23-17(19-14)20-16(21)12-6-4-10(2)8-13(12)18/h4-9H,3H2,1-2H3,(H,19,20,21). The third kappa shape index (κ3) is 3.46. The van der Waals surface area contributed by atoms with Crippen LogP contribution < -0.4 is 10.1 Å². The molecule has 1 amide bonds. The SMILES string of the molecule is CCOc1ccc2nc(NC(=O)c3ccc(C)cc3Cl)sc2c1. The van der Waals surface area contributed by atoms with E-state index in [2.05, 4.69) is 10.3 Å². The van der Waals surface area contributed by atoms with Gasteiger partial charge in [0.1, 0.15) is 5.75 Å². The zero-order valence-corrected chi connectivity index (χ0v) is 14.3. The fourth-order valence-electron chi connectivity index (χ4n) is 2.18. The zero-order valence-electron chi connectivity index (χ0n) is 12.7. The van der Waals surface area contributed by atoms with Crippen LogP contribution in [0.5, 0.6) is 5.75 Å². The van der Waals surface area contributed by atoms with Crippen LogP contribution in [0.3, 0.4) is 0 Å². The molecule has 0 fully saturated rings. The topological polar surface area (TPSA) is 51.2 Å². The molecule has 3 aromatic rings. The number of halogens is 1. The number of ether oxygens (including phenoxy) is 1. The van der Waals surface area contributed by atoms with E-state index in [0.717, 1.165) is 21.5 Å². The lowest BCUT2D eigenvalue weighted by atomic mass is 10.1. The van der Waals surface area contributed by atoms with Gasteiger partial charge in [-0.25, -0.2) is 4.98 Å². The molecule has 118 valence electrons. The molecular weight excluding hydrogens is 332 g/mol. The molecule has 0 atom stereocenters. The number of amides is 1. The maximum absolute atomic E-state index is 12.3. The van der Waals surface area contributed by atoms with Crippen molar-refractivity contribution in [1.82, 2.24) is 4.98 Å². The predicted molar refractivity (Wildman–Crippen MR) is 94.9 cm³/mol. The van der Waals surface area contributed by atoms with E-state index in [1.807, 2.05) is 38.1 Å². The summed E-state index contributed by atoms with van der Waals surface area (Å²) in [7, 11) is 0. The first kappa shape index (κ1) is 15.8. The van der Waals surface area contributed by atoms with Gasteiger partial charge in [0, 0.05) is 0 Å². The summed E-state index contributed by atoms with van der Waals surface area (Å²) in [5.74, 6) is 0.530. The molecule has 0 saturated carbocycles. The number of nitrogens with one attached hydrogen (secondary N) is 1. The van der Waals surface area contributed by atoms with E-state index in [-0.39, 0.29) is 5.91 Å². The Kier molecular flexibility index (Phi) is 4.50. The molecule has 0 aliphatic carbocycles. The van der Waals surface area contributed by atoms with Crippen LogP contribution in [0.25, 0.3) is 10.2 Å². The van der Waals surface area contributed by atoms with Crippen LogP contribution >= 0.6 is 22.9 Å². The summed E-state index contributed by atoms with van der Waals surface area (Å²) in [6.45, 7) is 4.48. The Morgan fingerprint density at radius 2 is 2.13 bits per heavy atom. The average Bonchev–Trinajstić information content (AvgIpc) is 2.88. The number of anilines is 1. The summed E-state index contributed by atoms with van der Waals surface area (Å²) in [4.78, 5) is 16.8. The first-order valence-electron chi connectivity index (χ1n) is 7.17. The minimum absolute atomic E-state index is 0.265. The number of carbonyl (C=O) groups excluding carboxylic acids is 1. The van der Waals surface area contributed by atoms with Gasteiger partial charge in [0.15, 0.2) is 5.13 Å². The Bertz CT molecular complexity index is 876. The summed E-state index contributed by atoms with van der Waals surface area (Å²) in [6, 6.07) is 11.0. The van der Waals surface area contributed by atoms with Gasteiger partial charge in [-0.05, 0) is 49.7 Å². The van der Waals surface area contributed by atoms with Crippen LogP contribution in [0, 0.1) is 6.92 Å². The second-order valence-corrected chi connectivity index (χ2v) is 6.46. The molecule has 3 rings (SSSR count). The number of benzene rings is 2. The lowest BCUT2D eigenvalue weighted by molar-refractivity contribution is 0.102. The van der Waals surface area contributed by atoms with Crippen molar-refractivity contribution in [3.8, 4) is 5.75 Å². The Hall–Kier alpha value is -2.11. The quantitative estimate of drug-likeness (QED) is 0.730. The number of hydrogen-bond acceptors (Lipinski definition) is 4. The third-order valence-electron chi connectivity index (χ3n) is 3.26. The number of nitrogens with zero attached hydrogens (tertiary/aromatic N) is 1. The van der Waals surface area contributed by atoms with Crippen LogP contribution in [0.2, 0.25) is 5.02 Å². The molecular formula is C17H15ClN2O2S. The monoisotopic (exact) mass is 346 g/mol. The Morgan fingerprint density at radius 3 is 2.87 bits per heavy atom. The maximum Gasteiger partial charge on any atom is 0.258 e. The molecule has 0 aliphatic rings. The van der Waals surface area contributed by atoms with Crippen molar-refractivity contribution in [3.63, 3.8) is 0 Å². The molecule has 0 radical (unpaired) electrons. The van der Waals surface area contributed by atoms with Gasteiger partial charge in [0.25, 0.3) is 5.91 Å². The number of hydrogen-bond donors (Lipinski definition) is 1. The largest absolute Gasteiger partial charge is 0.494 e. The predicted octanol–water partition coefficient (Wildman–Crippen LogP) is 4.91. The van der Waals surface area contributed by atoms with Crippen molar-refractivity contribution in [1.29, 1.82) is 0 Å². The average molecular weight is 347 g/mol. The van der Waals surface area contributed by atoms with Gasteiger partial charge < -0.3 is 4.74 Å². The van der Waals surface area contributed by atoms with E-state index < -0.39 is 0 Å². The van der Waals surface area contributed by atoms with Crippen molar-refractivity contribution in [2.24, 2.45) is 0 Å². The van der Waals surface area contributed by atoms with Crippen LogP contribution in [0.4, 0.5) is 5.13 Å². The number of aryl methyl sites for hydroxylation is 1. The van der Waals surface area contributed by atoms with Crippen molar-refractivity contribution in [2.75, 3.05) is 11.9 Å². The highest BCUT2D eigenvalue weighted by atomic mass is 35.5. The molecule has 0 aliphatic heterocycles. The lowest BCUT2D eigenvalue weighted by Crippen LogP contribution is -2.12. The van der Waals surface area contributed by atoms with Crippen LogP contribution in [-0.4, -0.2) is 17.5 Å². The van der Waals surface area contributed by atoms with E-state index in [9.17, 15) is 4.79 Å². The number of fused-ring (bicyclic) bond motifs is 1. The van der Waals surface area contributed by atoms with Gasteiger partial charge in [-0.3, -0.25) is 10.1 Å². The number of carbonyl (C=O) groups is 1. The van der Waals surface area contributed by atoms with Crippen molar-refractivity contribution >= 4 is 44.2 Å². The smallest absolute Gasteiger partial charge is 0.258 e. The fraction of sp³-hybridized carbons (Fsp3) is 0.176. The molecule has 1 heterocycles. The molecule has 0 unspecified atom stereocenters. The van der Waals surface area contributed by atoms with Crippen LogP contribution in [-0.2, 0) is 0 Å². The molecule has 1 N–H and O–H groups in total. The van der Waals surface area contributed by atoms with Crippen molar-refractivity contribution in [3.05, 3.63) is 52.5 Å². The van der Waals surface area contributed by atoms with Gasteiger partial charge in [0.05, 0.1) is 27.4 Å². The normalized spacial score (nSPS) is 10.7. The summed E-state index contributed by atoms with van der Waals surface area (Å²) in [5, 5.41) is 3.77. The molecule has 4 nitrogen and oxygen atoms in total. The highest BCUT2D eigenvalue weighted by Gasteiger charge is 2.13. The minimum Gasteiger partial charge on any atom is -0.494 e. The molecule has 0 bridgehead atoms. The Balaban J connectivity index is 1.84. The zero-order chi connectivity index (χ0) is 16.4. The summed E-state index contributed by atoms with van der Waals surface area (Å²) >= 11 is 7.53. The van der Waals surface area contributed by atoms with E-state index >= 15 is 0 Å². The maximum atomic E-state index is 12.3. The first-order chi connectivity index (χ1) is 11.1. The van der Waals surface area contributed by atoms with Crippen LogP contribution in [0.1, 0.15) is 22.8 Å². The number of aromatic nitrogens is 1. The molecule has 6 heteroatoms.